The molecular weight excluding hydrogens is 186 g/mol. The molecule has 1 aromatic heterocycles. The zero-order valence-electron chi connectivity index (χ0n) is 9.80. The molecule has 3 nitrogen and oxygen atoms in total. The van der Waals surface area contributed by atoms with Crippen LogP contribution in [0, 0.1) is 13.8 Å². The third-order valence-electron chi connectivity index (χ3n) is 3.01. The lowest BCUT2D eigenvalue weighted by molar-refractivity contribution is 0.763. The molecule has 1 fully saturated rings. The summed E-state index contributed by atoms with van der Waals surface area (Å²) < 4.78 is 0. The predicted molar refractivity (Wildman–Crippen MR) is 61.1 cm³/mol. The lowest BCUT2D eigenvalue weighted by Crippen LogP contribution is -2.14. The van der Waals surface area contributed by atoms with Gasteiger partial charge >= 0.3 is 0 Å². The van der Waals surface area contributed by atoms with E-state index in [0.717, 1.165) is 18.8 Å². The van der Waals surface area contributed by atoms with Gasteiger partial charge in [-0.15, -0.1) is 0 Å². The number of likely N-dealkylation sites (N-methyl/N-ethyl adjacent to an activating group) is 1. The topological polar surface area (TPSA) is 37.8 Å². The minimum Gasteiger partial charge on any atom is -0.319 e. The van der Waals surface area contributed by atoms with Crippen LogP contribution in [0.25, 0.3) is 0 Å². The molecule has 15 heavy (non-hydrogen) atoms. The van der Waals surface area contributed by atoms with Gasteiger partial charge in [-0.25, -0.2) is 9.97 Å². The number of hydrogen-bond acceptors (Lipinski definition) is 3. The summed E-state index contributed by atoms with van der Waals surface area (Å²) in [6.45, 7) is 5.20. The Morgan fingerprint density at radius 3 is 2.27 bits per heavy atom. The van der Waals surface area contributed by atoms with Crippen molar-refractivity contribution in [1.82, 2.24) is 15.3 Å². The molecule has 0 aliphatic heterocycles. The van der Waals surface area contributed by atoms with Crippen molar-refractivity contribution < 1.29 is 0 Å². The van der Waals surface area contributed by atoms with Crippen LogP contribution < -0.4 is 5.32 Å². The highest BCUT2D eigenvalue weighted by molar-refractivity contribution is 5.26. The molecule has 2 rings (SSSR count). The van der Waals surface area contributed by atoms with Crippen molar-refractivity contribution in [2.45, 2.75) is 39.0 Å². The van der Waals surface area contributed by atoms with Gasteiger partial charge in [0.2, 0.25) is 0 Å². The van der Waals surface area contributed by atoms with Gasteiger partial charge in [0, 0.05) is 17.3 Å². The number of nitrogens with zero attached hydrogens (tertiary/aromatic N) is 2. The van der Waals surface area contributed by atoms with Crippen LogP contribution in [0.4, 0.5) is 0 Å². The Morgan fingerprint density at radius 2 is 1.80 bits per heavy atom. The summed E-state index contributed by atoms with van der Waals surface area (Å²) in [5, 5.41) is 3.16. The Labute approximate surface area is 91.3 Å². The first-order valence-electron chi connectivity index (χ1n) is 5.71. The molecule has 1 aliphatic carbocycles. The number of rotatable bonds is 4. The molecule has 0 spiro atoms. The van der Waals surface area contributed by atoms with E-state index in [4.69, 9.17) is 0 Å². The first-order chi connectivity index (χ1) is 7.22. The zero-order valence-corrected chi connectivity index (χ0v) is 9.80. The van der Waals surface area contributed by atoms with E-state index in [1.807, 2.05) is 7.05 Å². The minimum atomic E-state index is 0.653. The van der Waals surface area contributed by atoms with Crippen LogP contribution in [-0.4, -0.2) is 23.6 Å². The Bertz CT molecular complexity index is 333. The van der Waals surface area contributed by atoms with Crippen LogP contribution >= 0.6 is 0 Å². The molecule has 0 saturated heterocycles. The summed E-state index contributed by atoms with van der Waals surface area (Å²) in [6.07, 6.45) is 3.57. The Kier molecular flexibility index (Phi) is 3.00. The average Bonchev–Trinajstić information content (AvgIpc) is 2.99. The number of aryl methyl sites for hydroxylation is 2. The van der Waals surface area contributed by atoms with E-state index < -0.39 is 0 Å². The lowest BCUT2D eigenvalue weighted by atomic mass is 10.1. The normalized spacial score (nSPS) is 15.7. The molecule has 1 N–H and O–H groups in total. The van der Waals surface area contributed by atoms with Crippen LogP contribution in [0.1, 0.15) is 41.5 Å². The summed E-state index contributed by atoms with van der Waals surface area (Å²) in [6, 6.07) is 0. The smallest absolute Gasteiger partial charge is 0.131 e. The fraction of sp³-hybridized carbons (Fsp3) is 0.667. The van der Waals surface area contributed by atoms with E-state index in [9.17, 15) is 0 Å². The molecule has 1 saturated carbocycles. The summed E-state index contributed by atoms with van der Waals surface area (Å²) in [4.78, 5) is 9.22. The molecule has 0 atom stereocenters. The van der Waals surface area contributed by atoms with Crippen LogP contribution in [0.5, 0.6) is 0 Å². The van der Waals surface area contributed by atoms with Gasteiger partial charge in [0.25, 0.3) is 0 Å². The molecular formula is C12H19N3. The largest absolute Gasteiger partial charge is 0.319 e. The van der Waals surface area contributed by atoms with E-state index in [1.54, 1.807) is 0 Å². The predicted octanol–water partition coefficient (Wildman–Crippen LogP) is 1.73. The van der Waals surface area contributed by atoms with E-state index in [1.165, 1.54) is 29.8 Å². The highest BCUT2D eigenvalue weighted by Crippen LogP contribution is 2.38. The first kappa shape index (κ1) is 10.6. The third-order valence-corrected chi connectivity index (χ3v) is 3.01. The second-order valence-corrected chi connectivity index (χ2v) is 4.36. The fourth-order valence-electron chi connectivity index (χ4n) is 1.90. The molecule has 1 aliphatic rings. The Hall–Kier alpha value is -0.960. The van der Waals surface area contributed by atoms with Crippen LogP contribution in [-0.2, 0) is 6.42 Å². The van der Waals surface area contributed by atoms with Gasteiger partial charge in [-0.05, 0) is 52.3 Å². The maximum atomic E-state index is 4.61. The second kappa shape index (κ2) is 4.27. The minimum absolute atomic E-state index is 0.653. The molecule has 0 bridgehead atoms. The van der Waals surface area contributed by atoms with Crippen molar-refractivity contribution in [1.29, 1.82) is 0 Å². The highest BCUT2D eigenvalue weighted by Gasteiger charge is 2.27. The number of hydrogen-bond donors (Lipinski definition) is 1. The quantitative estimate of drug-likeness (QED) is 0.813. The molecule has 1 aromatic rings. The fourth-order valence-corrected chi connectivity index (χ4v) is 1.90. The third kappa shape index (κ3) is 2.34. The SMILES string of the molecule is CNCCc1c(C)nc(C2CC2)nc1C. The monoisotopic (exact) mass is 205 g/mol. The Morgan fingerprint density at radius 1 is 1.20 bits per heavy atom. The average molecular weight is 205 g/mol. The summed E-state index contributed by atoms with van der Waals surface area (Å²) >= 11 is 0. The van der Waals surface area contributed by atoms with Gasteiger partial charge in [-0.2, -0.15) is 0 Å². The van der Waals surface area contributed by atoms with Crippen LogP contribution in [0.2, 0.25) is 0 Å². The van der Waals surface area contributed by atoms with Crippen molar-refractivity contribution in [3.05, 3.63) is 22.8 Å². The van der Waals surface area contributed by atoms with E-state index in [0.29, 0.717) is 5.92 Å². The van der Waals surface area contributed by atoms with E-state index in [-0.39, 0.29) is 0 Å². The molecule has 82 valence electrons. The van der Waals surface area contributed by atoms with Gasteiger partial charge in [0.05, 0.1) is 0 Å². The van der Waals surface area contributed by atoms with Crippen LogP contribution in [0.15, 0.2) is 0 Å². The van der Waals surface area contributed by atoms with Crippen molar-refractivity contribution >= 4 is 0 Å². The van der Waals surface area contributed by atoms with Gasteiger partial charge in [-0.3, -0.25) is 0 Å². The maximum Gasteiger partial charge on any atom is 0.131 e. The highest BCUT2D eigenvalue weighted by atomic mass is 14.9. The molecule has 0 aromatic carbocycles. The standard InChI is InChI=1S/C12H19N3/c1-8-11(6-7-13-3)9(2)15-12(14-8)10-4-5-10/h10,13H,4-7H2,1-3H3. The zero-order chi connectivity index (χ0) is 10.8. The van der Waals surface area contributed by atoms with Gasteiger partial charge in [-0.1, -0.05) is 0 Å². The number of nitrogens with one attached hydrogen (secondary N) is 1. The second-order valence-electron chi connectivity index (χ2n) is 4.36. The van der Waals surface area contributed by atoms with Crippen molar-refractivity contribution in [3.8, 4) is 0 Å². The summed E-state index contributed by atoms with van der Waals surface area (Å²) in [5.74, 6) is 1.72. The number of aromatic nitrogens is 2. The Balaban J connectivity index is 2.22. The van der Waals surface area contributed by atoms with E-state index in [2.05, 4.69) is 29.1 Å². The summed E-state index contributed by atoms with van der Waals surface area (Å²) in [5.41, 5.74) is 3.65. The van der Waals surface area contributed by atoms with Gasteiger partial charge in [0.1, 0.15) is 5.82 Å². The van der Waals surface area contributed by atoms with Crippen molar-refractivity contribution in [2.75, 3.05) is 13.6 Å². The van der Waals surface area contributed by atoms with E-state index >= 15 is 0 Å². The van der Waals surface area contributed by atoms with Gasteiger partial charge < -0.3 is 5.32 Å². The molecule has 0 unspecified atom stereocenters. The molecule has 3 heteroatoms. The first-order valence-corrected chi connectivity index (χ1v) is 5.71. The molecule has 0 amide bonds. The van der Waals surface area contributed by atoms with Crippen LogP contribution in [0.3, 0.4) is 0 Å². The van der Waals surface area contributed by atoms with Gasteiger partial charge in [0.15, 0.2) is 0 Å². The molecule has 1 heterocycles. The van der Waals surface area contributed by atoms with Crippen molar-refractivity contribution in [2.24, 2.45) is 0 Å². The summed E-state index contributed by atoms with van der Waals surface area (Å²) in [7, 11) is 1.98. The molecule has 0 radical (unpaired) electrons. The maximum absolute atomic E-state index is 4.61. The lowest BCUT2D eigenvalue weighted by Gasteiger charge is -2.10. The van der Waals surface area contributed by atoms with Crippen molar-refractivity contribution in [3.63, 3.8) is 0 Å².